The quantitative estimate of drug-likeness (QED) is 0.284. The maximum Gasteiger partial charge on any atom is 0.287 e. The largest absolute Gasteiger partial charge is 0.345 e. The van der Waals surface area contributed by atoms with Crippen LogP contribution in [0.1, 0.15) is 64.5 Å². The highest BCUT2D eigenvalue weighted by molar-refractivity contribution is 5.96. The van der Waals surface area contributed by atoms with Gasteiger partial charge in [0.2, 0.25) is 0 Å². The Labute approximate surface area is 226 Å². The van der Waals surface area contributed by atoms with Crippen LogP contribution in [0.2, 0.25) is 0 Å². The van der Waals surface area contributed by atoms with Crippen LogP contribution in [0.5, 0.6) is 0 Å². The molecule has 1 unspecified atom stereocenters. The zero-order valence-electron chi connectivity index (χ0n) is 22.6. The molecule has 1 atom stereocenters. The molecule has 0 saturated heterocycles. The Kier molecular flexibility index (Phi) is 6.74. The standard InChI is InChI=1S/C30H31N7O2/c1-18-14-21(30(3,4)36-29(39)27-31-12-13-32-27)10-11-22(18)28(38)34-19(2)24-15-26(20-16-33-37(5)17-20)35-25-9-7-6-8-23(24)25/h6-17,19H,1-5H3,(H,31,32)(H,34,38)(H,36,39). The summed E-state index contributed by atoms with van der Waals surface area (Å²) in [6.07, 6.45) is 6.85. The summed E-state index contributed by atoms with van der Waals surface area (Å²) >= 11 is 0. The van der Waals surface area contributed by atoms with E-state index in [4.69, 9.17) is 4.98 Å². The molecular formula is C30H31N7O2. The molecule has 9 heteroatoms. The molecule has 3 heterocycles. The van der Waals surface area contributed by atoms with Crippen molar-refractivity contribution < 1.29 is 9.59 Å². The van der Waals surface area contributed by atoms with E-state index < -0.39 is 5.54 Å². The zero-order chi connectivity index (χ0) is 27.7. The number of benzene rings is 2. The first-order valence-electron chi connectivity index (χ1n) is 12.7. The lowest BCUT2D eigenvalue weighted by molar-refractivity contribution is 0.0899. The Morgan fingerprint density at radius 3 is 2.56 bits per heavy atom. The molecular weight excluding hydrogens is 490 g/mol. The van der Waals surface area contributed by atoms with Gasteiger partial charge < -0.3 is 15.6 Å². The molecule has 0 saturated carbocycles. The van der Waals surface area contributed by atoms with Crippen LogP contribution in [0.15, 0.2) is 73.3 Å². The molecule has 0 radical (unpaired) electrons. The van der Waals surface area contributed by atoms with Crippen molar-refractivity contribution >= 4 is 22.7 Å². The third-order valence-corrected chi connectivity index (χ3v) is 6.89. The fourth-order valence-electron chi connectivity index (χ4n) is 4.73. The maximum absolute atomic E-state index is 13.4. The third kappa shape index (κ3) is 5.29. The van der Waals surface area contributed by atoms with Crippen molar-refractivity contribution in [3.8, 4) is 11.3 Å². The van der Waals surface area contributed by atoms with Crippen LogP contribution in [-0.4, -0.2) is 36.5 Å². The first kappa shape index (κ1) is 25.8. The predicted molar refractivity (Wildman–Crippen MR) is 150 cm³/mol. The van der Waals surface area contributed by atoms with E-state index in [2.05, 4.69) is 25.7 Å². The fraction of sp³-hybridized carbons (Fsp3) is 0.233. The summed E-state index contributed by atoms with van der Waals surface area (Å²) < 4.78 is 1.74. The van der Waals surface area contributed by atoms with Gasteiger partial charge in [-0.25, -0.2) is 9.97 Å². The number of pyridine rings is 1. The van der Waals surface area contributed by atoms with E-state index in [0.717, 1.165) is 38.9 Å². The molecule has 9 nitrogen and oxygen atoms in total. The number of rotatable bonds is 7. The molecule has 0 aliphatic heterocycles. The van der Waals surface area contributed by atoms with Gasteiger partial charge in [0, 0.05) is 42.2 Å². The average Bonchev–Trinajstić information content (AvgIpc) is 3.60. The molecule has 0 fully saturated rings. The second-order valence-corrected chi connectivity index (χ2v) is 10.3. The molecule has 0 bridgehead atoms. The van der Waals surface area contributed by atoms with Gasteiger partial charge >= 0.3 is 0 Å². The molecule has 198 valence electrons. The number of imidazole rings is 1. The fourth-order valence-corrected chi connectivity index (χ4v) is 4.73. The number of aryl methyl sites for hydroxylation is 2. The van der Waals surface area contributed by atoms with Crippen LogP contribution in [0.4, 0.5) is 0 Å². The van der Waals surface area contributed by atoms with Crippen LogP contribution < -0.4 is 10.6 Å². The highest BCUT2D eigenvalue weighted by Crippen LogP contribution is 2.29. The van der Waals surface area contributed by atoms with Crippen LogP contribution in [0, 0.1) is 6.92 Å². The lowest BCUT2D eigenvalue weighted by Gasteiger charge is -2.27. The van der Waals surface area contributed by atoms with E-state index in [9.17, 15) is 9.59 Å². The second-order valence-electron chi connectivity index (χ2n) is 10.3. The summed E-state index contributed by atoms with van der Waals surface area (Å²) in [5.74, 6) is -0.221. The number of aromatic amines is 1. The molecule has 0 aliphatic carbocycles. The van der Waals surface area contributed by atoms with Gasteiger partial charge in [-0.1, -0.05) is 30.3 Å². The van der Waals surface area contributed by atoms with E-state index in [1.165, 1.54) is 6.20 Å². The van der Waals surface area contributed by atoms with Crippen molar-refractivity contribution in [3.63, 3.8) is 0 Å². The van der Waals surface area contributed by atoms with Gasteiger partial charge in [0.25, 0.3) is 11.8 Å². The number of hydrogen-bond donors (Lipinski definition) is 3. The lowest BCUT2D eigenvalue weighted by Crippen LogP contribution is -2.41. The Hall–Kier alpha value is -4.79. The molecule has 3 N–H and O–H groups in total. The van der Waals surface area contributed by atoms with Gasteiger partial charge in [0.1, 0.15) is 0 Å². The first-order valence-corrected chi connectivity index (χ1v) is 12.7. The summed E-state index contributed by atoms with van der Waals surface area (Å²) in [5, 5.41) is 11.4. The van der Waals surface area contributed by atoms with Crippen molar-refractivity contribution in [2.75, 3.05) is 0 Å². The number of aromatic nitrogens is 5. The number of hydrogen-bond acceptors (Lipinski definition) is 5. The number of fused-ring (bicyclic) bond motifs is 1. The number of nitrogens with zero attached hydrogens (tertiary/aromatic N) is 4. The molecule has 5 rings (SSSR count). The minimum absolute atomic E-state index is 0.173. The number of amides is 2. The highest BCUT2D eigenvalue weighted by Gasteiger charge is 2.26. The molecule has 5 aromatic rings. The topological polar surface area (TPSA) is 118 Å². The summed E-state index contributed by atoms with van der Waals surface area (Å²) in [6.45, 7) is 7.71. The summed E-state index contributed by atoms with van der Waals surface area (Å²) in [4.78, 5) is 37.6. The molecule has 0 aliphatic rings. The van der Waals surface area contributed by atoms with E-state index in [1.54, 1.807) is 23.1 Å². The Bertz CT molecular complexity index is 1670. The predicted octanol–water partition coefficient (Wildman–Crippen LogP) is 4.82. The van der Waals surface area contributed by atoms with E-state index in [0.29, 0.717) is 5.56 Å². The van der Waals surface area contributed by atoms with Crippen molar-refractivity contribution in [1.29, 1.82) is 0 Å². The van der Waals surface area contributed by atoms with Gasteiger partial charge in [-0.15, -0.1) is 0 Å². The van der Waals surface area contributed by atoms with Crippen LogP contribution in [-0.2, 0) is 12.6 Å². The molecule has 2 amide bonds. The van der Waals surface area contributed by atoms with Crippen LogP contribution in [0.25, 0.3) is 22.2 Å². The monoisotopic (exact) mass is 521 g/mol. The van der Waals surface area contributed by atoms with E-state index >= 15 is 0 Å². The lowest BCUT2D eigenvalue weighted by atomic mass is 9.91. The number of nitrogens with one attached hydrogen (secondary N) is 3. The van der Waals surface area contributed by atoms with Crippen molar-refractivity contribution in [1.82, 2.24) is 35.4 Å². The van der Waals surface area contributed by atoms with E-state index in [1.807, 2.05) is 83.4 Å². The summed E-state index contributed by atoms with van der Waals surface area (Å²) in [5.41, 5.74) is 5.14. The van der Waals surface area contributed by atoms with Crippen LogP contribution >= 0.6 is 0 Å². The molecule has 0 spiro atoms. The van der Waals surface area contributed by atoms with Gasteiger partial charge in [-0.05, 0) is 62.6 Å². The van der Waals surface area contributed by atoms with Gasteiger partial charge in [0.15, 0.2) is 5.82 Å². The third-order valence-electron chi connectivity index (χ3n) is 6.89. The highest BCUT2D eigenvalue weighted by atomic mass is 16.2. The van der Waals surface area contributed by atoms with Crippen molar-refractivity contribution in [2.24, 2.45) is 7.05 Å². The molecule has 39 heavy (non-hydrogen) atoms. The smallest absolute Gasteiger partial charge is 0.287 e. The van der Waals surface area contributed by atoms with Gasteiger partial charge in [-0.2, -0.15) is 5.10 Å². The Morgan fingerprint density at radius 1 is 1.08 bits per heavy atom. The van der Waals surface area contributed by atoms with E-state index in [-0.39, 0.29) is 23.7 Å². The Balaban J connectivity index is 1.38. The zero-order valence-corrected chi connectivity index (χ0v) is 22.6. The van der Waals surface area contributed by atoms with Crippen LogP contribution in [0.3, 0.4) is 0 Å². The average molecular weight is 522 g/mol. The molecule has 2 aromatic carbocycles. The second kappa shape index (κ2) is 10.2. The first-order chi connectivity index (χ1) is 18.6. The normalized spacial score (nSPS) is 12.3. The summed E-state index contributed by atoms with van der Waals surface area (Å²) in [6, 6.07) is 15.3. The number of H-pyrrole nitrogens is 1. The minimum atomic E-state index is -0.671. The Morgan fingerprint density at radius 2 is 1.87 bits per heavy atom. The summed E-state index contributed by atoms with van der Waals surface area (Å²) in [7, 11) is 1.87. The van der Waals surface area contributed by atoms with Gasteiger partial charge in [-0.3, -0.25) is 14.3 Å². The van der Waals surface area contributed by atoms with Gasteiger partial charge in [0.05, 0.1) is 29.0 Å². The minimum Gasteiger partial charge on any atom is -0.345 e. The SMILES string of the molecule is Cc1cc(C(C)(C)NC(=O)c2ncc[nH]2)ccc1C(=O)NC(C)c1cc(-c2cnn(C)c2)nc2ccccc12. The maximum atomic E-state index is 13.4. The number of carbonyl (C=O) groups is 2. The van der Waals surface area contributed by atoms with Crippen molar-refractivity contribution in [3.05, 3.63) is 101 Å². The van der Waals surface area contributed by atoms with Crippen molar-refractivity contribution in [2.45, 2.75) is 39.3 Å². The molecule has 3 aromatic heterocycles. The number of para-hydroxylation sites is 1. The number of carbonyl (C=O) groups excluding carboxylic acids is 2.